The van der Waals surface area contributed by atoms with Crippen LogP contribution >= 0.6 is 11.6 Å². The lowest BCUT2D eigenvalue weighted by atomic mass is 10.2. The molecule has 0 saturated heterocycles. The minimum absolute atomic E-state index is 0.263. The van der Waals surface area contributed by atoms with Crippen molar-refractivity contribution in [3.8, 4) is 5.88 Å². The number of ether oxygens (including phenoxy) is 1. The first-order valence-corrected chi connectivity index (χ1v) is 7.72. The summed E-state index contributed by atoms with van der Waals surface area (Å²) >= 11 is 5.97. The summed E-state index contributed by atoms with van der Waals surface area (Å²) in [6.07, 6.45) is 3.48. The fraction of sp³-hybridized carbons (Fsp3) is 0.0526. The minimum atomic E-state index is -0.294. The van der Waals surface area contributed by atoms with Crippen LogP contribution in [0.15, 0.2) is 59.4 Å². The number of benzene rings is 2. The molecular weight excluding hydrogens is 324 g/mol. The average molecular weight is 339 g/mol. The van der Waals surface area contributed by atoms with Crippen molar-refractivity contribution in [3.63, 3.8) is 0 Å². The fourth-order valence-electron chi connectivity index (χ4n) is 2.28. The van der Waals surface area contributed by atoms with E-state index in [9.17, 15) is 4.79 Å². The Labute approximate surface area is 143 Å². The third-order valence-corrected chi connectivity index (χ3v) is 3.62. The molecule has 0 spiro atoms. The molecule has 0 atom stereocenters. The molecule has 0 amide bonds. The van der Waals surface area contributed by atoms with Gasteiger partial charge in [-0.3, -0.25) is 4.79 Å². The van der Waals surface area contributed by atoms with Gasteiger partial charge in [0.15, 0.2) is 0 Å². The lowest BCUT2D eigenvalue weighted by Gasteiger charge is -2.01. The van der Waals surface area contributed by atoms with Gasteiger partial charge in [0.05, 0.1) is 7.11 Å². The van der Waals surface area contributed by atoms with Gasteiger partial charge in [0.2, 0.25) is 5.88 Å². The molecule has 0 fully saturated rings. The summed E-state index contributed by atoms with van der Waals surface area (Å²) < 4.78 is 5.32. The Kier molecular flexibility index (Phi) is 4.77. The van der Waals surface area contributed by atoms with Gasteiger partial charge < -0.3 is 9.72 Å². The standard InChI is InChI=1S/C19H15ClN2O2/c1-24-19-17(11-13-6-3-2-4-7-13)21-18(23)16(22-19)12-14-8-5-9-15(20)10-14/h2-12H,1H3,(H,21,23). The lowest BCUT2D eigenvalue weighted by molar-refractivity contribution is 0.389. The summed E-state index contributed by atoms with van der Waals surface area (Å²) in [6, 6.07) is 16.8. The van der Waals surface area contributed by atoms with Gasteiger partial charge in [0.1, 0.15) is 10.7 Å². The van der Waals surface area contributed by atoms with E-state index in [-0.39, 0.29) is 10.9 Å². The van der Waals surface area contributed by atoms with Crippen LogP contribution in [0, 0.1) is 0 Å². The van der Waals surface area contributed by atoms with E-state index < -0.39 is 0 Å². The molecule has 0 bridgehead atoms. The van der Waals surface area contributed by atoms with Crippen LogP contribution in [0.1, 0.15) is 11.1 Å². The molecular formula is C19H15ClN2O2. The van der Waals surface area contributed by atoms with Gasteiger partial charge in [0, 0.05) is 5.02 Å². The van der Waals surface area contributed by atoms with Crippen molar-refractivity contribution in [1.82, 2.24) is 9.97 Å². The highest BCUT2D eigenvalue weighted by atomic mass is 35.5. The van der Waals surface area contributed by atoms with Crippen molar-refractivity contribution in [1.29, 1.82) is 0 Å². The highest BCUT2D eigenvalue weighted by Gasteiger charge is 2.02. The van der Waals surface area contributed by atoms with Crippen molar-refractivity contribution < 1.29 is 4.74 Å². The van der Waals surface area contributed by atoms with E-state index >= 15 is 0 Å². The van der Waals surface area contributed by atoms with Crippen molar-refractivity contribution in [2.75, 3.05) is 7.11 Å². The maximum Gasteiger partial charge on any atom is 0.274 e. The number of rotatable bonds is 3. The van der Waals surface area contributed by atoms with Gasteiger partial charge >= 0.3 is 0 Å². The van der Waals surface area contributed by atoms with Crippen LogP contribution in [-0.2, 0) is 0 Å². The molecule has 5 heteroatoms. The molecule has 1 aromatic heterocycles. The SMILES string of the molecule is COc1nc(=Cc2cccc(Cl)c2)c(=O)[nH]c1=Cc1ccccc1. The molecule has 3 aromatic rings. The molecule has 0 saturated carbocycles. The molecule has 0 aliphatic carbocycles. The van der Waals surface area contributed by atoms with Crippen molar-refractivity contribution in [2.24, 2.45) is 0 Å². The Balaban J connectivity index is 2.16. The normalized spacial score (nSPS) is 12.4. The predicted octanol–water partition coefficient (Wildman–Crippen LogP) is 2.09. The largest absolute Gasteiger partial charge is 0.479 e. The van der Waals surface area contributed by atoms with E-state index in [0.29, 0.717) is 16.3 Å². The average Bonchev–Trinajstić information content (AvgIpc) is 2.58. The second-order valence-electron chi connectivity index (χ2n) is 5.13. The number of H-pyrrole nitrogens is 1. The molecule has 2 aromatic carbocycles. The molecule has 24 heavy (non-hydrogen) atoms. The minimum Gasteiger partial charge on any atom is -0.479 e. The number of hydrogen-bond acceptors (Lipinski definition) is 3. The lowest BCUT2D eigenvalue weighted by Crippen LogP contribution is -2.37. The Morgan fingerprint density at radius 3 is 2.50 bits per heavy atom. The van der Waals surface area contributed by atoms with E-state index in [4.69, 9.17) is 16.3 Å². The summed E-state index contributed by atoms with van der Waals surface area (Å²) in [4.78, 5) is 19.5. The molecule has 0 radical (unpaired) electrons. The van der Waals surface area contributed by atoms with Crippen LogP contribution < -0.4 is 21.0 Å². The number of halogens is 1. The second kappa shape index (κ2) is 7.15. The quantitative estimate of drug-likeness (QED) is 0.795. The number of aromatic amines is 1. The first kappa shape index (κ1) is 16.0. The van der Waals surface area contributed by atoms with E-state index in [0.717, 1.165) is 11.1 Å². The Bertz CT molecular complexity index is 1030. The van der Waals surface area contributed by atoms with Crippen LogP contribution in [0.3, 0.4) is 0 Å². The Morgan fingerprint density at radius 1 is 1.04 bits per heavy atom. The third-order valence-electron chi connectivity index (χ3n) is 3.39. The van der Waals surface area contributed by atoms with Crippen LogP contribution in [0.25, 0.3) is 12.2 Å². The Hall–Kier alpha value is -2.85. The summed E-state index contributed by atoms with van der Waals surface area (Å²) in [5, 5.41) is 1.39. The number of hydrogen-bond donors (Lipinski definition) is 1. The highest BCUT2D eigenvalue weighted by molar-refractivity contribution is 6.30. The second-order valence-corrected chi connectivity index (χ2v) is 5.56. The first-order valence-electron chi connectivity index (χ1n) is 7.34. The number of methoxy groups -OCH3 is 1. The summed E-state index contributed by atoms with van der Waals surface area (Å²) in [5.74, 6) is 0.353. The molecule has 120 valence electrons. The zero-order valence-corrected chi connectivity index (χ0v) is 13.7. The number of nitrogens with one attached hydrogen (secondary N) is 1. The highest BCUT2D eigenvalue weighted by Crippen LogP contribution is 2.10. The van der Waals surface area contributed by atoms with Crippen LogP contribution in [-0.4, -0.2) is 17.1 Å². The number of nitrogens with zero attached hydrogens (tertiary/aromatic N) is 1. The molecule has 0 unspecified atom stereocenters. The third kappa shape index (κ3) is 3.73. The summed E-state index contributed by atoms with van der Waals surface area (Å²) in [7, 11) is 1.52. The van der Waals surface area contributed by atoms with Crippen molar-refractivity contribution >= 4 is 23.8 Å². The van der Waals surface area contributed by atoms with E-state index in [1.165, 1.54) is 7.11 Å². The fourth-order valence-corrected chi connectivity index (χ4v) is 2.48. The van der Waals surface area contributed by atoms with E-state index in [2.05, 4.69) is 9.97 Å². The predicted molar refractivity (Wildman–Crippen MR) is 95.7 cm³/mol. The van der Waals surface area contributed by atoms with E-state index in [1.54, 1.807) is 18.2 Å². The maximum absolute atomic E-state index is 12.3. The molecule has 3 rings (SSSR count). The molecule has 0 aliphatic rings. The van der Waals surface area contributed by atoms with Gasteiger partial charge in [-0.1, -0.05) is 54.1 Å². The van der Waals surface area contributed by atoms with Gasteiger partial charge in [-0.25, -0.2) is 4.98 Å². The molecule has 1 heterocycles. The first-order chi connectivity index (χ1) is 11.7. The maximum atomic E-state index is 12.3. The smallest absolute Gasteiger partial charge is 0.274 e. The summed E-state index contributed by atoms with van der Waals surface area (Å²) in [6.45, 7) is 0. The van der Waals surface area contributed by atoms with Crippen LogP contribution in [0.2, 0.25) is 5.02 Å². The molecule has 1 N–H and O–H groups in total. The monoisotopic (exact) mass is 338 g/mol. The summed E-state index contributed by atoms with van der Waals surface area (Å²) in [5.41, 5.74) is 1.44. The van der Waals surface area contributed by atoms with Crippen LogP contribution in [0.5, 0.6) is 5.88 Å². The topological polar surface area (TPSA) is 55.0 Å². The number of aromatic nitrogens is 2. The zero-order chi connectivity index (χ0) is 16.9. The Morgan fingerprint density at radius 2 is 1.79 bits per heavy atom. The van der Waals surface area contributed by atoms with Gasteiger partial charge in [-0.15, -0.1) is 0 Å². The van der Waals surface area contributed by atoms with E-state index in [1.807, 2.05) is 48.5 Å². The molecule has 0 aliphatic heterocycles. The molecule has 4 nitrogen and oxygen atoms in total. The van der Waals surface area contributed by atoms with Crippen molar-refractivity contribution in [3.05, 3.63) is 91.8 Å². The zero-order valence-electron chi connectivity index (χ0n) is 13.0. The van der Waals surface area contributed by atoms with Crippen molar-refractivity contribution in [2.45, 2.75) is 0 Å². The van der Waals surface area contributed by atoms with Gasteiger partial charge in [0.25, 0.3) is 5.56 Å². The van der Waals surface area contributed by atoms with Gasteiger partial charge in [-0.05, 0) is 35.4 Å². The van der Waals surface area contributed by atoms with Crippen LogP contribution in [0.4, 0.5) is 0 Å². The van der Waals surface area contributed by atoms with Gasteiger partial charge in [-0.2, -0.15) is 0 Å².